The van der Waals surface area contributed by atoms with E-state index in [1.165, 1.54) is 22.5 Å². The van der Waals surface area contributed by atoms with Crippen LogP contribution >= 0.6 is 11.6 Å². The Kier molecular flexibility index (Phi) is 9.57. The van der Waals surface area contributed by atoms with Gasteiger partial charge in [-0.3, -0.25) is 19.0 Å². The molecule has 2 amide bonds. The number of hydrogen-bond acceptors (Lipinski definition) is 4. The number of amides is 2. The van der Waals surface area contributed by atoms with Gasteiger partial charge in [0.2, 0.25) is 17.7 Å². The zero-order valence-corrected chi connectivity index (χ0v) is 26.3. The minimum Gasteiger partial charge on any atom is -0.327 e. The van der Waals surface area contributed by atoms with Crippen molar-refractivity contribution < 1.29 is 23.2 Å². The summed E-state index contributed by atoms with van der Waals surface area (Å²) in [4.78, 5) is 48.7. The number of carbonyl (C=O) groups is 3. The van der Waals surface area contributed by atoms with E-state index in [9.17, 15) is 18.8 Å². The summed E-state index contributed by atoms with van der Waals surface area (Å²) in [6.45, 7) is 8.18. The van der Waals surface area contributed by atoms with Crippen LogP contribution in [-0.2, 0) is 16.0 Å². The molecule has 0 unspecified atom stereocenters. The number of fused-ring (bicyclic) bond motifs is 1. The summed E-state index contributed by atoms with van der Waals surface area (Å²) in [6, 6.07) is 15.6. The van der Waals surface area contributed by atoms with E-state index in [1.54, 1.807) is 55.7 Å². The molecule has 1 fully saturated rings. The van der Waals surface area contributed by atoms with Crippen molar-refractivity contribution in [2.75, 3.05) is 11.9 Å². The molecular formula is C35H32ClF2N5O3. The average molecular weight is 644 g/mol. The van der Waals surface area contributed by atoms with Crippen molar-refractivity contribution in [3.05, 3.63) is 95.0 Å². The van der Waals surface area contributed by atoms with E-state index in [0.717, 1.165) is 11.1 Å². The molecule has 11 heteroatoms. The molecule has 0 spiro atoms. The number of carbonyl (C=O) groups excluding carboxylic acids is 3. The molecule has 5 rings (SSSR count). The standard InChI is InChI=1S/C35H32ClF2N5O3/c1-20(17-40-21(2)39-4)23-12-13-26-24(18-42(22(3)44)31(26)14-23)15-33(45)43-19-25(37)16-32(43)35(46)41-30-11-7-9-28(34(30)38)27-8-5-6-10-29(27)36/h5-14,17-18,25,32H,4,15-16,19H2,1-3H3,(H,41,46)/b20-17+,40-21-/t25-,32+/m1/s1. The Morgan fingerprint density at radius 2 is 1.80 bits per heavy atom. The topological polar surface area (TPSA) is 96.1 Å². The van der Waals surface area contributed by atoms with Gasteiger partial charge in [0, 0.05) is 47.3 Å². The smallest absolute Gasteiger partial charge is 0.247 e. The molecule has 2 atom stereocenters. The Labute approximate surface area is 270 Å². The van der Waals surface area contributed by atoms with Gasteiger partial charge in [-0.2, -0.15) is 0 Å². The summed E-state index contributed by atoms with van der Waals surface area (Å²) < 4.78 is 31.7. The molecule has 46 heavy (non-hydrogen) atoms. The van der Waals surface area contributed by atoms with Gasteiger partial charge < -0.3 is 10.2 Å². The maximum absolute atomic E-state index is 15.5. The summed E-state index contributed by atoms with van der Waals surface area (Å²) in [7, 11) is 0. The first kappa shape index (κ1) is 32.4. The predicted octanol–water partition coefficient (Wildman–Crippen LogP) is 7.36. The number of allylic oxidation sites excluding steroid dienone is 1. The SMILES string of the molecule is C=N/C(C)=N\C=C(/C)c1ccc2c(CC(=O)N3C[C@H](F)C[C@H]3C(=O)Nc3cccc(-c4ccccc4Cl)c3F)cn(C(C)=O)c2c1. The second-order valence-corrected chi connectivity index (χ2v) is 11.5. The first-order chi connectivity index (χ1) is 22.0. The summed E-state index contributed by atoms with van der Waals surface area (Å²) in [6.07, 6.45) is 1.41. The summed E-state index contributed by atoms with van der Waals surface area (Å²) in [5, 5.41) is 3.56. The van der Waals surface area contributed by atoms with Crippen LogP contribution in [-0.4, -0.2) is 58.5 Å². The third kappa shape index (κ3) is 6.67. The van der Waals surface area contributed by atoms with E-state index >= 15 is 4.39 Å². The van der Waals surface area contributed by atoms with Crippen LogP contribution in [0.5, 0.6) is 0 Å². The van der Waals surface area contributed by atoms with Gasteiger partial charge in [0.25, 0.3) is 0 Å². The summed E-state index contributed by atoms with van der Waals surface area (Å²) in [5.41, 5.74) is 3.32. The molecule has 8 nitrogen and oxygen atoms in total. The number of aliphatic imine (C=N–C) groups is 2. The van der Waals surface area contributed by atoms with Gasteiger partial charge in [-0.05, 0) is 55.5 Å². The van der Waals surface area contributed by atoms with Gasteiger partial charge in [0.15, 0.2) is 5.82 Å². The Balaban J connectivity index is 1.39. The molecule has 1 aliphatic rings. The van der Waals surface area contributed by atoms with Crippen LogP contribution < -0.4 is 5.32 Å². The zero-order valence-electron chi connectivity index (χ0n) is 25.6. The van der Waals surface area contributed by atoms with Crippen molar-refractivity contribution in [2.24, 2.45) is 9.98 Å². The van der Waals surface area contributed by atoms with Crippen molar-refractivity contribution in [3.8, 4) is 11.1 Å². The lowest BCUT2D eigenvalue weighted by Gasteiger charge is -2.24. The average Bonchev–Trinajstić information content (AvgIpc) is 3.61. The van der Waals surface area contributed by atoms with Crippen LogP contribution in [0.1, 0.15) is 43.1 Å². The Morgan fingerprint density at radius 1 is 1.07 bits per heavy atom. The highest BCUT2D eigenvalue weighted by molar-refractivity contribution is 6.33. The number of rotatable bonds is 7. The van der Waals surface area contributed by atoms with Crippen molar-refractivity contribution >= 4 is 64.0 Å². The van der Waals surface area contributed by atoms with Gasteiger partial charge >= 0.3 is 0 Å². The number of halogens is 3. The van der Waals surface area contributed by atoms with Crippen molar-refractivity contribution in [2.45, 2.75) is 45.8 Å². The predicted molar refractivity (Wildman–Crippen MR) is 179 cm³/mol. The Bertz CT molecular complexity index is 1930. The van der Waals surface area contributed by atoms with Crippen molar-refractivity contribution in [1.82, 2.24) is 9.47 Å². The van der Waals surface area contributed by atoms with Gasteiger partial charge in [-0.25, -0.2) is 18.8 Å². The number of likely N-dealkylation sites (tertiary alicyclic amines) is 1. The number of amidine groups is 1. The summed E-state index contributed by atoms with van der Waals surface area (Å²) in [5.74, 6) is -1.64. The second kappa shape index (κ2) is 13.6. The maximum atomic E-state index is 15.5. The van der Waals surface area contributed by atoms with E-state index in [2.05, 4.69) is 22.0 Å². The van der Waals surface area contributed by atoms with Crippen LogP contribution in [0.4, 0.5) is 14.5 Å². The van der Waals surface area contributed by atoms with Gasteiger partial charge in [0.05, 0.1) is 24.2 Å². The van der Waals surface area contributed by atoms with Gasteiger partial charge in [-0.15, -0.1) is 0 Å². The summed E-state index contributed by atoms with van der Waals surface area (Å²) >= 11 is 6.26. The second-order valence-electron chi connectivity index (χ2n) is 11.1. The molecule has 236 valence electrons. The molecule has 3 aromatic carbocycles. The number of hydrogen-bond donors (Lipinski definition) is 1. The van der Waals surface area contributed by atoms with Crippen LogP contribution in [0.3, 0.4) is 0 Å². The Hall–Kier alpha value is -4.96. The minimum absolute atomic E-state index is 0.108. The largest absolute Gasteiger partial charge is 0.327 e. The fourth-order valence-corrected chi connectivity index (χ4v) is 5.79. The molecule has 1 aromatic heterocycles. The highest BCUT2D eigenvalue weighted by atomic mass is 35.5. The normalized spacial score (nSPS) is 17.0. The highest BCUT2D eigenvalue weighted by Gasteiger charge is 2.40. The van der Waals surface area contributed by atoms with E-state index in [0.29, 0.717) is 32.9 Å². The fourth-order valence-electron chi connectivity index (χ4n) is 5.56. The van der Waals surface area contributed by atoms with Crippen LogP contribution in [0.25, 0.3) is 27.6 Å². The lowest BCUT2D eigenvalue weighted by molar-refractivity contribution is -0.136. The van der Waals surface area contributed by atoms with E-state index in [-0.39, 0.29) is 36.5 Å². The van der Waals surface area contributed by atoms with Crippen LogP contribution in [0.2, 0.25) is 5.02 Å². The molecule has 1 N–H and O–H groups in total. The lowest BCUT2D eigenvalue weighted by Crippen LogP contribution is -2.44. The molecule has 4 aromatic rings. The molecule has 0 saturated carbocycles. The first-order valence-corrected chi connectivity index (χ1v) is 15.0. The van der Waals surface area contributed by atoms with E-state index in [1.807, 2.05) is 25.1 Å². The maximum Gasteiger partial charge on any atom is 0.247 e. The minimum atomic E-state index is -1.43. The molecule has 0 bridgehead atoms. The number of nitrogens with one attached hydrogen (secondary N) is 1. The number of alkyl halides is 1. The lowest BCUT2D eigenvalue weighted by atomic mass is 10.0. The van der Waals surface area contributed by atoms with Crippen LogP contribution in [0.15, 0.2) is 83.0 Å². The molecule has 0 aliphatic carbocycles. The third-order valence-electron chi connectivity index (χ3n) is 7.99. The van der Waals surface area contributed by atoms with Gasteiger partial charge in [-0.1, -0.05) is 54.1 Å². The van der Waals surface area contributed by atoms with Crippen molar-refractivity contribution in [1.29, 1.82) is 0 Å². The van der Waals surface area contributed by atoms with Crippen LogP contribution in [0, 0.1) is 5.82 Å². The molecule has 1 aliphatic heterocycles. The van der Waals surface area contributed by atoms with Crippen molar-refractivity contribution in [3.63, 3.8) is 0 Å². The Morgan fingerprint density at radius 3 is 2.52 bits per heavy atom. The number of anilines is 1. The zero-order chi connectivity index (χ0) is 33.1. The quantitative estimate of drug-likeness (QED) is 0.168. The molecule has 2 heterocycles. The molecular weight excluding hydrogens is 612 g/mol. The highest BCUT2D eigenvalue weighted by Crippen LogP contribution is 2.33. The number of nitrogens with zero attached hydrogens (tertiary/aromatic N) is 4. The number of aromatic nitrogens is 1. The monoisotopic (exact) mass is 643 g/mol. The fraction of sp³-hybridized carbons (Fsp3) is 0.229. The number of benzene rings is 3. The van der Waals surface area contributed by atoms with E-state index < -0.39 is 29.8 Å². The third-order valence-corrected chi connectivity index (χ3v) is 8.32. The molecule has 1 saturated heterocycles. The first-order valence-electron chi connectivity index (χ1n) is 14.6. The van der Waals surface area contributed by atoms with E-state index in [4.69, 9.17) is 11.6 Å². The molecule has 0 radical (unpaired) electrons. The van der Waals surface area contributed by atoms with Gasteiger partial charge in [0.1, 0.15) is 18.0 Å².